The molecule has 148 valence electrons. The molecule has 0 unspecified atom stereocenters. The van der Waals surface area contributed by atoms with Gasteiger partial charge in [0.25, 0.3) is 0 Å². The van der Waals surface area contributed by atoms with Gasteiger partial charge in [0, 0.05) is 4.88 Å². The number of hydrogen-bond donors (Lipinski definition) is 1. The number of amides is 1. The van der Waals surface area contributed by atoms with Gasteiger partial charge in [-0.1, -0.05) is 6.07 Å². The summed E-state index contributed by atoms with van der Waals surface area (Å²) in [6.07, 6.45) is 0. The zero-order valence-corrected chi connectivity index (χ0v) is 17.1. The Morgan fingerprint density at radius 1 is 1.29 bits per heavy atom. The molecule has 1 N–H and O–H groups in total. The van der Waals surface area contributed by atoms with Gasteiger partial charge in [-0.05, 0) is 51.0 Å². The number of carbonyl (C=O) groups excluding carboxylic acids is 3. The van der Waals surface area contributed by atoms with E-state index in [1.165, 1.54) is 11.3 Å². The summed E-state index contributed by atoms with van der Waals surface area (Å²) in [5.41, 5.74) is 2.82. The van der Waals surface area contributed by atoms with Gasteiger partial charge in [-0.3, -0.25) is 4.79 Å². The highest BCUT2D eigenvalue weighted by molar-refractivity contribution is 7.16. The maximum atomic E-state index is 12.7. The van der Waals surface area contributed by atoms with Crippen LogP contribution in [-0.4, -0.2) is 37.5 Å². The summed E-state index contributed by atoms with van der Waals surface area (Å²) >= 11 is 1.33. The zero-order chi connectivity index (χ0) is 20.4. The SMILES string of the molecule is CCOC(=O)c1c(NC(=O)CN2CC(=O)Oc3cc(C)ccc32)sc(C)c1C. The predicted octanol–water partition coefficient (Wildman–Crippen LogP) is 3.21. The topological polar surface area (TPSA) is 84.9 Å². The Balaban J connectivity index is 1.80. The fraction of sp³-hybridized carbons (Fsp3) is 0.350. The Bertz CT molecular complexity index is 950. The maximum absolute atomic E-state index is 12.7. The lowest BCUT2D eigenvalue weighted by Crippen LogP contribution is -2.41. The summed E-state index contributed by atoms with van der Waals surface area (Å²) < 4.78 is 10.4. The molecule has 0 bridgehead atoms. The lowest BCUT2D eigenvalue weighted by Gasteiger charge is -2.29. The van der Waals surface area contributed by atoms with Crippen molar-refractivity contribution in [1.29, 1.82) is 0 Å². The summed E-state index contributed by atoms with van der Waals surface area (Å²) in [6, 6.07) is 5.49. The number of anilines is 2. The third-order valence-electron chi connectivity index (χ3n) is 4.45. The number of nitrogens with one attached hydrogen (secondary N) is 1. The number of carbonyl (C=O) groups is 3. The molecule has 0 fully saturated rings. The average Bonchev–Trinajstić information content (AvgIpc) is 2.88. The summed E-state index contributed by atoms with van der Waals surface area (Å²) in [5, 5.41) is 3.26. The van der Waals surface area contributed by atoms with Crippen molar-refractivity contribution in [2.45, 2.75) is 27.7 Å². The van der Waals surface area contributed by atoms with E-state index in [-0.39, 0.29) is 25.6 Å². The fourth-order valence-corrected chi connectivity index (χ4v) is 4.07. The van der Waals surface area contributed by atoms with Crippen LogP contribution in [0.4, 0.5) is 10.7 Å². The van der Waals surface area contributed by atoms with Crippen LogP contribution < -0.4 is 15.0 Å². The minimum absolute atomic E-state index is 0.0172. The number of hydrogen-bond acceptors (Lipinski definition) is 7. The number of fused-ring (bicyclic) bond motifs is 1. The van der Waals surface area contributed by atoms with E-state index < -0.39 is 11.9 Å². The first kappa shape index (κ1) is 19.9. The first-order valence-electron chi connectivity index (χ1n) is 8.93. The minimum Gasteiger partial charge on any atom is -0.462 e. The van der Waals surface area contributed by atoms with Crippen molar-refractivity contribution in [2.75, 3.05) is 29.9 Å². The van der Waals surface area contributed by atoms with E-state index in [0.29, 0.717) is 22.0 Å². The van der Waals surface area contributed by atoms with Gasteiger partial charge < -0.3 is 19.7 Å². The largest absolute Gasteiger partial charge is 0.462 e. The summed E-state index contributed by atoms with van der Waals surface area (Å²) in [5.74, 6) is -0.755. The van der Waals surface area contributed by atoms with Crippen molar-refractivity contribution in [3.05, 3.63) is 39.8 Å². The summed E-state index contributed by atoms with van der Waals surface area (Å²) in [6.45, 7) is 7.55. The number of ether oxygens (including phenoxy) is 2. The normalized spacial score (nSPS) is 13.0. The van der Waals surface area contributed by atoms with Gasteiger partial charge in [0.2, 0.25) is 5.91 Å². The van der Waals surface area contributed by atoms with Crippen LogP contribution in [0.25, 0.3) is 0 Å². The fourth-order valence-electron chi connectivity index (χ4n) is 3.00. The molecule has 0 aliphatic carbocycles. The summed E-state index contributed by atoms with van der Waals surface area (Å²) in [4.78, 5) is 39.4. The molecule has 0 spiro atoms. The number of nitrogens with zero attached hydrogens (tertiary/aromatic N) is 1. The Labute approximate surface area is 167 Å². The minimum atomic E-state index is -0.456. The van der Waals surface area contributed by atoms with Gasteiger partial charge in [0.15, 0.2) is 5.75 Å². The second kappa shape index (κ2) is 8.02. The van der Waals surface area contributed by atoms with Gasteiger partial charge in [-0.15, -0.1) is 11.3 Å². The van der Waals surface area contributed by atoms with Crippen LogP contribution in [0.5, 0.6) is 5.75 Å². The van der Waals surface area contributed by atoms with Crippen LogP contribution in [0.15, 0.2) is 18.2 Å². The van der Waals surface area contributed by atoms with E-state index in [2.05, 4.69) is 5.32 Å². The molecule has 8 heteroatoms. The highest BCUT2D eigenvalue weighted by Gasteiger charge is 2.27. The van der Waals surface area contributed by atoms with E-state index in [9.17, 15) is 14.4 Å². The Kier molecular flexibility index (Phi) is 5.69. The molecule has 1 aliphatic heterocycles. The lowest BCUT2D eigenvalue weighted by atomic mass is 10.1. The molecule has 2 aromatic rings. The Morgan fingerprint density at radius 3 is 2.75 bits per heavy atom. The van der Waals surface area contributed by atoms with Gasteiger partial charge in [0.05, 0.1) is 24.4 Å². The molecule has 0 saturated carbocycles. The van der Waals surface area contributed by atoms with Crippen molar-refractivity contribution >= 4 is 39.9 Å². The molecular formula is C20H22N2O5S. The molecule has 1 aromatic heterocycles. The van der Waals surface area contributed by atoms with Gasteiger partial charge in [-0.2, -0.15) is 0 Å². The van der Waals surface area contributed by atoms with E-state index in [1.807, 2.05) is 32.9 Å². The van der Waals surface area contributed by atoms with Crippen molar-refractivity contribution < 1.29 is 23.9 Å². The van der Waals surface area contributed by atoms with Crippen LogP contribution >= 0.6 is 11.3 Å². The molecule has 28 heavy (non-hydrogen) atoms. The molecule has 1 aromatic carbocycles. The lowest BCUT2D eigenvalue weighted by molar-refractivity contribution is -0.133. The van der Waals surface area contributed by atoms with E-state index in [4.69, 9.17) is 9.47 Å². The van der Waals surface area contributed by atoms with Crippen LogP contribution in [0.3, 0.4) is 0 Å². The highest BCUT2D eigenvalue weighted by atomic mass is 32.1. The number of thiophene rings is 1. The molecule has 1 amide bonds. The van der Waals surface area contributed by atoms with Gasteiger partial charge in [-0.25, -0.2) is 9.59 Å². The second-order valence-electron chi connectivity index (χ2n) is 6.56. The second-order valence-corrected chi connectivity index (χ2v) is 7.78. The van der Waals surface area contributed by atoms with E-state index in [0.717, 1.165) is 16.0 Å². The monoisotopic (exact) mass is 402 g/mol. The quantitative estimate of drug-likeness (QED) is 0.611. The molecule has 3 rings (SSSR count). The van der Waals surface area contributed by atoms with Crippen LogP contribution in [0, 0.1) is 20.8 Å². The zero-order valence-electron chi connectivity index (χ0n) is 16.3. The molecule has 0 radical (unpaired) electrons. The number of esters is 2. The molecule has 0 atom stereocenters. The summed E-state index contributed by atoms with van der Waals surface area (Å²) in [7, 11) is 0. The van der Waals surface area contributed by atoms with Crippen molar-refractivity contribution in [3.8, 4) is 5.75 Å². The van der Waals surface area contributed by atoms with Crippen LogP contribution in [0.2, 0.25) is 0 Å². The van der Waals surface area contributed by atoms with Crippen molar-refractivity contribution in [2.24, 2.45) is 0 Å². The molecule has 7 nitrogen and oxygen atoms in total. The average molecular weight is 402 g/mol. The Hall–Kier alpha value is -2.87. The van der Waals surface area contributed by atoms with Crippen LogP contribution in [0.1, 0.15) is 33.3 Å². The molecule has 2 heterocycles. The van der Waals surface area contributed by atoms with Crippen molar-refractivity contribution in [3.63, 3.8) is 0 Å². The maximum Gasteiger partial charge on any atom is 0.341 e. The Morgan fingerprint density at radius 2 is 2.04 bits per heavy atom. The van der Waals surface area contributed by atoms with E-state index in [1.54, 1.807) is 17.9 Å². The third kappa shape index (κ3) is 4.01. The van der Waals surface area contributed by atoms with Gasteiger partial charge >= 0.3 is 11.9 Å². The molecular weight excluding hydrogens is 380 g/mol. The number of aryl methyl sites for hydroxylation is 2. The standard InChI is InChI=1S/C20H22N2O5S/c1-5-26-20(25)18-12(3)13(4)28-19(18)21-16(23)9-22-10-17(24)27-15-8-11(2)6-7-14(15)22/h6-8H,5,9-10H2,1-4H3,(H,21,23). The smallest absolute Gasteiger partial charge is 0.341 e. The first-order valence-corrected chi connectivity index (χ1v) is 9.75. The van der Waals surface area contributed by atoms with Gasteiger partial charge in [0.1, 0.15) is 11.5 Å². The predicted molar refractivity (Wildman–Crippen MR) is 107 cm³/mol. The molecule has 0 saturated heterocycles. The number of benzene rings is 1. The highest BCUT2D eigenvalue weighted by Crippen LogP contribution is 2.34. The van der Waals surface area contributed by atoms with E-state index >= 15 is 0 Å². The van der Waals surface area contributed by atoms with Crippen LogP contribution in [-0.2, 0) is 14.3 Å². The first-order chi connectivity index (χ1) is 13.3. The number of rotatable bonds is 5. The molecule has 1 aliphatic rings. The third-order valence-corrected chi connectivity index (χ3v) is 5.57. The van der Waals surface area contributed by atoms with Crippen molar-refractivity contribution in [1.82, 2.24) is 0 Å².